The molecule has 8 N–H and O–H groups in total. The topological polar surface area (TPSA) is 128 Å². The van der Waals surface area contributed by atoms with Gasteiger partial charge in [0.05, 0.1) is 13.2 Å². The Kier molecular flexibility index (Phi) is 9.35. The highest BCUT2D eigenvalue weighted by Crippen LogP contribution is 2.33. The van der Waals surface area contributed by atoms with E-state index in [0.29, 0.717) is 13.1 Å². The van der Waals surface area contributed by atoms with Crippen molar-refractivity contribution in [3.63, 3.8) is 0 Å². The van der Waals surface area contributed by atoms with E-state index < -0.39 is 8.53 Å². The molecule has 1 unspecified atom stereocenters. The molecule has 0 spiro atoms. The molecular weight excluding hydrogens is 229 g/mol. The Morgan fingerprint density at radius 2 is 1.62 bits per heavy atom. The van der Waals surface area contributed by atoms with Crippen LogP contribution < -0.4 is 17.0 Å². The molecule has 0 saturated carbocycles. The van der Waals surface area contributed by atoms with E-state index in [4.69, 9.17) is 26.4 Å². The number of rotatable bonds is 10. The van der Waals surface area contributed by atoms with Gasteiger partial charge in [-0.2, -0.15) is 0 Å². The lowest BCUT2D eigenvalue weighted by atomic mass is 9.80. The van der Waals surface area contributed by atoms with Crippen LogP contribution in [-0.2, 0) is 4.52 Å². The third-order valence-corrected chi connectivity index (χ3v) is 3.05. The average molecular weight is 253 g/mol. The summed E-state index contributed by atoms with van der Waals surface area (Å²) in [5, 5.41) is 9.47. The quantitative estimate of drug-likeness (QED) is 0.338. The summed E-state index contributed by atoms with van der Waals surface area (Å²) in [6, 6.07) is 0. The lowest BCUT2D eigenvalue weighted by Crippen LogP contribution is -2.32. The number of hydrogen-bond donors (Lipinski definition) is 5. The number of aliphatic hydroxyl groups is 1. The molecule has 98 valence electrons. The summed E-state index contributed by atoms with van der Waals surface area (Å²) in [6.07, 6.45) is 3.12. The van der Waals surface area contributed by atoms with E-state index >= 15 is 0 Å². The predicted octanol–water partition coefficient (Wildman–Crippen LogP) is -0.363. The van der Waals surface area contributed by atoms with Crippen molar-refractivity contribution in [3.8, 4) is 0 Å². The summed E-state index contributed by atoms with van der Waals surface area (Å²) in [7, 11) is -1.87. The van der Waals surface area contributed by atoms with Gasteiger partial charge < -0.3 is 26.0 Å². The van der Waals surface area contributed by atoms with E-state index in [1.807, 2.05) is 0 Å². The van der Waals surface area contributed by atoms with Crippen LogP contribution in [0.4, 0.5) is 0 Å². The molecule has 1 atom stereocenters. The van der Waals surface area contributed by atoms with Gasteiger partial charge in [-0.25, -0.2) is 0 Å². The summed E-state index contributed by atoms with van der Waals surface area (Å²) in [4.78, 5) is 8.95. The second-order valence-corrected chi connectivity index (χ2v) is 4.88. The van der Waals surface area contributed by atoms with Crippen LogP contribution in [0.3, 0.4) is 0 Å². The van der Waals surface area contributed by atoms with E-state index in [1.54, 1.807) is 0 Å². The van der Waals surface area contributed by atoms with Gasteiger partial charge >= 0.3 is 0 Å². The maximum absolute atomic E-state index is 9.47. The second-order valence-electron chi connectivity index (χ2n) is 4.02. The molecule has 0 aliphatic rings. The van der Waals surface area contributed by atoms with Crippen LogP contribution >= 0.6 is 8.53 Å². The van der Waals surface area contributed by atoms with Crippen molar-refractivity contribution in [2.75, 3.05) is 26.3 Å². The lowest BCUT2D eigenvalue weighted by molar-refractivity contribution is 0.0487. The third-order valence-electron chi connectivity index (χ3n) is 2.66. The van der Waals surface area contributed by atoms with Gasteiger partial charge in [0.15, 0.2) is 0 Å². The molecule has 0 aromatic heterocycles. The van der Waals surface area contributed by atoms with Crippen molar-refractivity contribution in [2.24, 2.45) is 22.4 Å². The van der Waals surface area contributed by atoms with Crippen molar-refractivity contribution in [1.82, 2.24) is 0 Å². The zero-order valence-corrected chi connectivity index (χ0v) is 10.5. The molecule has 0 amide bonds. The van der Waals surface area contributed by atoms with Crippen molar-refractivity contribution < 1.29 is 14.5 Å². The van der Waals surface area contributed by atoms with Crippen molar-refractivity contribution >= 4 is 8.53 Å². The summed E-state index contributed by atoms with van der Waals surface area (Å²) >= 11 is 0. The maximum Gasteiger partial charge on any atom is 0.250 e. The SMILES string of the molecule is NCCCC(CO)(CCCN)COP(N)O. The van der Waals surface area contributed by atoms with Gasteiger partial charge in [-0.3, -0.25) is 5.50 Å². The molecule has 0 aromatic carbocycles. The van der Waals surface area contributed by atoms with Crippen LogP contribution in [-0.4, -0.2) is 36.3 Å². The van der Waals surface area contributed by atoms with Crippen LogP contribution in [0.1, 0.15) is 25.7 Å². The van der Waals surface area contributed by atoms with Gasteiger partial charge in [-0.15, -0.1) is 0 Å². The Morgan fingerprint density at radius 3 is 1.94 bits per heavy atom. The third kappa shape index (κ3) is 6.70. The van der Waals surface area contributed by atoms with E-state index in [2.05, 4.69) is 0 Å². The molecule has 0 rings (SSSR count). The monoisotopic (exact) mass is 253 g/mol. The Balaban J connectivity index is 4.27. The average Bonchev–Trinajstić information content (AvgIpc) is 2.29. The fourth-order valence-electron chi connectivity index (χ4n) is 1.63. The summed E-state index contributed by atoms with van der Waals surface area (Å²) in [6.45, 7) is 1.39. The van der Waals surface area contributed by atoms with Crippen molar-refractivity contribution in [1.29, 1.82) is 0 Å². The lowest BCUT2D eigenvalue weighted by Gasteiger charge is -2.31. The molecule has 0 radical (unpaired) electrons. The smallest absolute Gasteiger partial charge is 0.250 e. The van der Waals surface area contributed by atoms with E-state index in [9.17, 15) is 5.11 Å². The fraction of sp³-hybridized carbons (Fsp3) is 1.00. The highest BCUT2D eigenvalue weighted by molar-refractivity contribution is 7.43. The van der Waals surface area contributed by atoms with Gasteiger partial charge in [0.1, 0.15) is 0 Å². The standard InChI is InChI=1S/C9H24N3O3P/c10-5-1-3-9(7-13,4-2-6-11)8-15-16(12)14/h13-14H,1-8,10-12H2. The first-order chi connectivity index (χ1) is 7.60. The molecule has 0 aromatic rings. The number of aliphatic hydroxyl groups excluding tert-OH is 1. The highest BCUT2D eigenvalue weighted by Gasteiger charge is 2.29. The second kappa shape index (κ2) is 9.24. The molecule has 16 heavy (non-hydrogen) atoms. The van der Waals surface area contributed by atoms with E-state index in [1.165, 1.54) is 0 Å². The van der Waals surface area contributed by atoms with Crippen molar-refractivity contribution in [2.45, 2.75) is 25.7 Å². The minimum absolute atomic E-state index is 0.00380. The largest absolute Gasteiger partial charge is 0.396 e. The van der Waals surface area contributed by atoms with Gasteiger partial charge in [0.2, 0.25) is 8.53 Å². The van der Waals surface area contributed by atoms with E-state index in [0.717, 1.165) is 25.7 Å². The fourth-order valence-corrected chi connectivity index (χ4v) is 2.04. The zero-order chi connectivity index (χ0) is 12.4. The van der Waals surface area contributed by atoms with Gasteiger partial charge in [-0.05, 0) is 38.8 Å². The van der Waals surface area contributed by atoms with Crippen molar-refractivity contribution in [3.05, 3.63) is 0 Å². The first kappa shape index (κ1) is 16.2. The Labute approximate surface area is 98.1 Å². The van der Waals surface area contributed by atoms with Crippen LogP contribution in [0.25, 0.3) is 0 Å². The van der Waals surface area contributed by atoms with Crippen LogP contribution in [0.15, 0.2) is 0 Å². The summed E-state index contributed by atoms with van der Waals surface area (Å²) < 4.78 is 5.05. The van der Waals surface area contributed by atoms with E-state index in [-0.39, 0.29) is 18.6 Å². The minimum Gasteiger partial charge on any atom is -0.396 e. The number of hydrogen-bond acceptors (Lipinski definition) is 6. The Hall–Kier alpha value is 0.190. The maximum atomic E-state index is 9.47. The van der Waals surface area contributed by atoms with Crippen LogP contribution in [0.5, 0.6) is 0 Å². The molecule has 0 heterocycles. The molecule has 0 aliphatic carbocycles. The van der Waals surface area contributed by atoms with Crippen LogP contribution in [0.2, 0.25) is 0 Å². The normalized spacial score (nSPS) is 14.1. The molecule has 0 fully saturated rings. The molecular formula is C9H24N3O3P. The Morgan fingerprint density at radius 1 is 1.12 bits per heavy atom. The van der Waals surface area contributed by atoms with Gasteiger partial charge in [0, 0.05) is 5.41 Å². The zero-order valence-electron chi connectivity index (χ0n) is 9.64. The Bertz CT molecular complexity index is 164. The van der Waals surface area contributed by atoms with Gasteiger partial charge in [-0.1, -0.05) is 0 Å². The minimum atomic E-state index is -1.87. The van der Waals surface area contributed by atoms with Crippen LogP contribution in [0, 0.1) is 5.41 Å². The van der Waals surface area contributed by atoms with Gasteiger partial charge in [0.25, 0.3) is 0 Å². The number of nitrogens with two attached hydrogens (primary N) is 3. The molecule has 0 aliphatic heterocycles. The summed E-state index contributed by atoms with van der Waals surface area (Å²) in [5.74, 6) is 0. The summed E-state index contributed by atoms with van der Waals surface area (Å²) in [5.41, 5.74) is 15.7. The first-order valence-corrected chi connectivity index (χ1v) is 6.76. The predicted molar refractivity (Wildman–Crippen MR) is 65.4 cm³/mol. The molecule has 7 heteroatoms. The highest BCUT2D eigenvalue weighted by atomic mass is 31.2. The molecule has 0 saturated heterocycles. The first-order valence-electron chi connectivity index (χ1n) is 5.48. The molecule has 6 nitrogen and oxygen atoms in total. The molecule has 0 bridgehead atoms.